The average Bonchev–Trinajstić information content (AvgIpc) is 2.26. The lowest BCUT2D eigenvalue weighted by Gasteiger charge is -2.24. The number of fused-ring (bicyclic) bond motifs is 1. The van der Waals surface area contributed by atoms with Gasteiger partial charge in [0.25, 0.3) is 0 Å². The molecule has 1 aromatic carbocycles. The lowest BCUT2D eigenvalue weighted by Crippen LogP contribution is -2.15. The maximum atomic E-state index is 13.3. The molecule has 3 heteroatoms. The van der Waals surface area contributed by atoms with Crippen molar-refractivity contribution >= 4 is 11.5 Å². The van der Waals surface area contributed by atoms with Crippen LogP contribution in [0.15, 0.2) is 23.8 Å². The normalized spacial score (nSPS) is 15.1. The Bertz CT molecular complexity index is 501. The number of rotatable bonds is 2. The molecule has 0 aliphatic heterocycles. The summed E-state index contributed by atoms with van der Waals surface area (Å²) in [5.74, 6) is -1.11. The first-order chi connectivity index (χ1) is 8.00. The maximum Gasteiger partial charge on any atom is 0.331 e. The predicted molar refractivity (Wildman–Crippen MR) is 64.1 cm³/mol. The van der Waals surface area contributed by atoms with E-state index < -0.39 is 5.97 Å². The summed E-state index contributed by atoms with van der Waals surface area (Å²) in [6, 6.07) is 4.64. The molecule has 0 saturated carbocycles. The summed E-state index contributed by atoms with van der Waals surface area (Å²) in [4.78, 5) is 11.2. The molecule has 1 aliphatic rings. The number of benzene rings is 1. The molecule has 2 rings (SSSR count). The fourth-order valence-corrected chi connectivity index (χ4v) is 2.46. The highest BCUT2D eigenvalue weighted by Crippen LogP contribution is 2.36. The van der Waals surface area contributed by atoms with Gasteiger partial charge in [0.1, 0.15) is 5.82 Å². The minimum atomic E-state index is -0.886. The van der Waals surface area contributed by atoms with Crippen molar-refractivity contribution in [2.45, 2.75) is 26.7 Å². The molecule has 1 aliphatic carbocycles. The van der Waals surface area contributed by atoms with Crippen LogP contribution in [0.3, 0.4) is 0 Å². The standard InChI is InChI=1S/C14H15FO2/c1-8(2)13-11(14(16)17)6-4-9-3-5-10(15)7-12(9)13/h3,5,7-8H,4,6H2,1-2H3,(H,16,17). The monoisotopic (exact) mass is 234 g/mol. The smallest absolute Gasteiger partial charge is 0.331 e. The zero-order valence-corrected chi connectivity index (χ0v) is 9.96. The van der Waals surface area contributed by atoms with E-state index in [1.165, 1.54) is 12.1 Å². The molecule has 0 radical (unpaired) electrons. The van der Waals surface area contributed by atoms with Crippen molar-refractivity contribution in [2.75, 3.05) is 0 Å². The number of halogens is 1. The fraction of sp³-hybridized carbons (Fsp3) is 0.357. The summed E-state index contributed by atoms with van der Waals surface area (Å²) in [6.07, 6.45) is 1.20. The zero-order valence-electron chi connectivity index (χ0n) is 9.96. The predicted octanol–water partition coefficient (Wildman–Crippen LogP) is 3.27. The molecule has 1 aromatic rings. The van der Waals surface area contributed by atoms with Gasteiger partial charge in [-0.15, -0.1) is 0 Å². The van der Waals surface area contributed by atoms with E-state index in [4.69, 9.17) is 0 Å². The molecule has 0 aromatic heterocycles. The quantitative estimate of drug-likeness (QED) is 0.852. The number of carboxylic acids is 1. The number of aryl methyl sites for hydroxylation is 1. The first-order valence-electron chi connectivity index (χ1n) is 5.76. The van der Waals surface area contributed by atoms with Gasteiger partial charge < -0.3 is 5.11 Å². The van der Waals surface area contributed by atoms with E-state index in [9.17, 15) is 14.3 Å². The van der Waals surface area contributed by atoms with Crippen molar-refractivity contribution < 1.29 is 14.3 Å². The Morgan fingerprint density at radius 1 is 1.35 bits per heavy atom. The molecule has 0 amide bonds. The van der Waals surface area contributed by atoms with Crippen molar-refractivity contribution in [3.05, 3.63) is 40.7 Å². The fourth-order valence-electron chi connectivity index (χ4n) is 2.46. The van der Waals surface area contributed by atoms with Crippen LogP contribution >= 0.6 is 0 Å². The van der Waals surface area contributed by atoms with Crippen LogP contribution in [0, 0.1) is 11.7 Å². The van der Waals surface area contributed by atoms with Crippen LogP contribution in [0.4, 0.5) is 4.39 Å². The van der Waals surface area contributed by atoms with E-state index in [1.807, 2.05) is 13.8 Å². The van der Waals surface area contributed by atoms with Gasteiger partial charge in [0, 0.05) is 5.57 Å². The molecule has 0 saturated heterocycles. The van der Waals surface area contributed by atoms with Crippen LogP contribution < -0.4 is 0 Å². The molecular formula is C14H15FO2. The molecule has 90 valence electrons. The molecule has 0 fully saturated rings. The minimum Gasteiger partial charge on any atom is -0.478 e. The zero-order chi connectivity index (χ0) is 12.6. The molecule has 0 spiro atoms. The summed E-state index contributed by atoms with van der Waals surface area (Å²) < 4.78 is 13.3. The highest BCUT2D eigenvalue weighted by molar-refractivity contribution is 5.98. The second-order valence-electron chi connectivity index (χ2n) is 4.65. The van der Waals surface area contributed by atoms with Gasteiger partial charge in [-0.05, 0) is 47.6 Å². The van der Waals surface area contributed by atoms with Gasteiger partial charge in [0.15, 0.2) is 0 Å². The number of carbonyl (C=O) groups is 1. The first kappa shape index (κ1) is 11.8. The Kier molecular flexibility index (Phi) is 3.01. The molecular weight excluding hydrogens is 219 g/mol. The Hall–Kier alpha value is -1.64. The van der Waals surface area contributed by atoms with Gasteiger partial charge >= 0.3 is 5.97 Å². The number of allylic oxidation sites excluding steroid dienone is 1. The van der Waals surface area contributed by atoms with Gasteiger partial charge in [-0.3, -0.25) is 0 Å². The van der Waals surface area contributed by atoms with Crippen LogP contribution in [0.25, 0.3) is 5.57 Å². The summed E-state index contributed by atoms with van der Waals surface area (Å²) in [5, 5.41) is 9.20. The van der Waals surface area contributed by atoms with E-state index in [0.717, 1.165) is 16.7 Å². The van der Waals surface area contributed by atoms with Crippen LogP contribution in [0.1, 0.15) is 31.4 Å². The van der Waals surface area contributed by atoms with Crippen LogP contribution in [0.2, 0.25) is 0 Å². The van der Waals surface area contributed by atoms with Crippen LogP contribution in [-0.4, -0.2) is 11.1 Å². The van der Waals surface area contributed by atoms with E-state index >= 15 is 0 Å². The molecule has 1 N–H and O–H groups in total. The number of aliphatic carboxylic acids is 1. The van der Waals surface area contributed by atoms with E-state index in [1.54, 1.807) is 6.07 Å². The lowest BCUT2D eigenvalue weighted by molar-refractivity contribution is -0.132. The SMILES string of the molecule is CC(C)C1=C(C(=O)O)CCc2ccc(F)cc21. The van der Waals surface area contributed by atoms with Gasteiger partial charge in [0.05, 0.1) is 0 Å². The molecule has 2 nitrogen and oxygen atoms in total. The molecule has 0 bridgehead atoms. The van der Waals surface area contributed by atoms with Crippen molar-refractivity contribution in [3.8, 4) is 0 Å². The van der Waals surface area contributed by atoms with Gasteiger partial charge in [0.2, 0.25) is 0 Å². The minimum absolute atomic E-state index is 0.0851. The second kappa shape index (κ2) is 4.32. The molecule has 0 heterocycles. The highest BCUT2D eigenvalue weighted by Gasteiger charge is 2.25. The maximum absolute atomic E-state index is 13.3. The average molecular weight is 234 g/mol. The number of hydrogen-bond donors (Lipinski definition) is 1. The largest absolute Gasteiger partial charge is 0.478 e. The van der Waals surface area contributed by atoms with Crippen LogP contribution in [-0.2, 0) is 11.2 Å². The Morgan fingerprint density at radius 3 is 2.65 bits per heavy atom. The molecule has 0 unspecified atom stereocenters. The Morgan fingerprint density at radius 2 is 2.06 bits per heavy atom. The molecule has 0 atom stereocenters. The van der Waals surface area contributed by atoms with Crippen molar-refractivity contribution in [1.82, 2.24) is 0 Å². The highest BCUT2D eigenvalue weighted by atomic mass is 19.1. The third-order valence-electron chi connectivity index (χ3n) is 3.17. The first-order valence-corrected chi connectivity index (χ1v) is 5.76. The van der Waals surface area contributed by atoms with Gasteiger partial charge in [-0.25, -0.2) is 9.18 Å². The lowest BCUT2D eigenvalue weighted by atomic mass is 9.80. The van der Waals surface area contributed by atoms with Crippen molar-refractivity contribution in [2.24, 2.45) is 5.92 Å². The van der Waals surface area contributed by atoms with Gasteiger partial charge in [-0.2, -0.15) is 0 Å². The summed E-state index contributed by atoms with van der Waals surface area (Å²) in [5.41, 5.74) is 3.01. The van der Waals surface area contributed by atoms with Crippen molar-refractivity contribution in [3.63, 3.8) is 0 Å². The topological polar surface area (TPSA) is 37.3 Å². The van der Waals surface area contributed by atoms with E-state index in [-0.39, 0.29) is 11.7 Å². The number of hydrogen-bond acceptors (Lipinski definition) is 1. The summed E-state index contributed by atoms with van der Waals surface area (Å²) >= 11 is 0. The van der Waals surface area contributed by atoms with Crippen LogP contribution in [0.5, 0.6) is 0 Å². The van der Waals surface area contributed by atoms with E-state index in [2.05, 4.69) is 0 Å². The van der Waals surface area contributed by atoms with Gasteiger partial charge in [-0.1, -0.05) is 19.9 Å². The third-order valence-corrected chi connectivity index (χ3v) is 3.17. The Balaban J connectivity index is 2.66. The Labute approximate surface area is 99.8 Å². The number of carboxylic acid groups (broad SMARTS) is 1. The molecule has 17 heavy (non-hydrogen) atoms. The summed E-state index contributed by atoms with van der Waals surface area (Å²) in [6.45, 7) is 3.89. The van der Waals surface area contributed by atoms with Crippen molar-refractivity contribution in [1.29, 1.82) is 0 Å². The second-order valence-corrected chi connectivity index (χ2v) is 4.65. The van der Waals surface area contributed by atoms with E-state index in [0.29, 0.717) is 18.4 Å². The third kappa shape index (κ3) is 2.09. The summed E-state index contributed by atoms with van der Waals surface area (Å²) in [7, 11) is 0.